The summed E-state index contributed by atoms with van der Waals surface area (Å²) in [5.74, 6) is 0.241. The fraction of sp³-hybridized carbons (Fsp3) is 0.235. The van der Waals surface area contributed by atoms with Gasteiger partial charge >= 0.3 is 0 Å². The molecule has 2 aromatic carbocycles. The van der Waals surface area contributed by atoms with Crippen molar-refractivity contribution in [2.45, 2.75) is 12.5 Å². The molecule has 0 saturated carbocycles. The molecular weight excluding hydrogens is 286 g/mol. The number of hydrogen-bond acceptors (Lipinski definition) is 2. The first-order valence-corrected chi connectivity index (χ1v) is 7.43. The van der Waals surface area contributed by atoms with Crippen LogP contribution in [0.5, 0.6) is 5.75 Å². The van der Waals surface area contributed by atoms with Crippen molar-refractivity contribution in [1.82, 2.24) is 4.90 Å². The third kappa shape index (κ3) is 2.74. The van der Waals surface area contributed by atoms with Crippen molar-refractivity contribution in [3.8, 4) is 5.75 Å². The summed E-state index contributed by atoms with van der Waals surface area (Å²) < 4.78 is 0. The molecule has 21 heavy (non-hydrogen) atoms. The van der Waals surface area contributed by atoms with E-state index in [0.717, 1.165) is 16.7 Å². The van der Waals surface area contributed by atoms with E-state index in [0.29, 0.717) is 13.1 Å². The van der Waals surface area contributed by atoms with E-state index < -0.39 is 0 Å². The standard InChI is InChI=1S/C17H16ClNO2/c18-9-17(21)19-10-13-8-14(20)6-7-15(13)16(11-19)12-4-2-1-3-5-12/h1-8,16,20H,9-11H2. The fourth-order valence-corrected chi connectivity index (χ4v) is 3.07. The molecular formula is C17H16ClNO2. The van der Waals surface area contributed by atoms with Gasteiger partial charge < -0.3 is 10.0 Å². The lowest BCUT2D eigenvalue weighted by Gasteiger charge is -2.35. The van der Waals surface area contributed by atoms with Crippen LogP contribution in [-0.2, 0) is 11.3 Å². The molecule has 1 heterocycles. The van der Waals surface area contributed by atoms with Crippen LogP contribution in [-0.4, -0.2) is 28.3 Å². The molecule has 1 N–H and O–H groups in total. The summed E-state index contributed by atoms with van der Waals surface area (Å²) in [5, 5.41) is 9.70. The van der Waals surface area contributed by atoms with Gasteiger partial charge in [0.25, 0.3) is 0 Å². The van der Waals surface area contributed by atoms with Crippen LogP contribution in [0.2, 0.25) is 0 Å². The largest absolute Gasteiger partial charge is 0.508 e. The number of carbonyl (C=O) groups excluding carboxylic acids is 1. The predicted molar refractivity (Wildman–Crippen MR) is 82.5 cm³/mol. The van der Waals surface area contributed by atoms with Crippen LogP contribution in [0.1, 0.15) is 22.6 Å². The van der Waals surface area contributed by atoms with Crippen LogP contribution >= 0.6 is 11.6 Å². The maximum absolute atomic E-state index is 12.0. The van der Waals surface area contributed by atoms with Crippen molar-refractivity contribution in [3.05, 3.63) is 65.2 Å². The second-order valence-corrected chi connectivity index (χ2v) is 5.52. The number of amides is 1. The Bertz CT molecular complexity index is 657. The summed E-state index contributed by atoms with van der Waals surface area (Å²) in [6.07, 6.45) is 0. The monoisotopic (exact) mass is 301 g/mol. The third-order valence-electron chi connectivity index (χ3n) is 3.94. The van der Waals surface area contributed by atoms with Crippen molar-refractivity contribution in [1.29, 1.82) is 0 Å². The van der Waals surface area contributed by atoms with Crippen LogP contribution in [0.15, 0.2) is 48.5 Å². The molecule has 3 rings (SSSR count). The third-order valence-corrected chi connectivity index (χ3v) is 4.16. The van der Waals surface area contributed by atoms with Crippen LogP contribution in [0.3, 0.4) is 0 Å². The number of aromatic hydroxyl groups is 1. The fourth-order valence-electron chi connectivity index (χ4n) is 2.90. The number of alkyl halides is 1. The minimum atomic E-state index is -0.0772. The Morgan fingerprint density at radius 1 is 1.24 bits per heavy atom. The lowest BCUT2D eigenvalue weighted by atomic mass is 9.84. The van der Waals surface area contributed by atoms with E-state index in [1.54, 1.807) is 17.0 Å². The number of carbonyl (C=O) groups is 1. The number of phenolic OH excluding ortho intramolecular Hbond substituents is 1. The van der Waals surface area contributed by atoms with Gasteiger partial charge in [0, 0.05) is 19.0 Å². The summed E-state index contributed by atoms with van der Waals surface area (Å²) in [5.41, 5.74) is 3.31. The zero-order valence-corrected chi connectivity index (χ0v) is 12.3. The van der Waals surface area contributed by atoms with Crippen molar-refractivity contribution < 1.29 is 9.90 Å². The van der Waals surface area contributed by atoms with E-state index in [-0.39, 0.29) is 23.5 Å². The summed E-state index contributed by atoms with van der Waals surface area (Å²) >= 11 is 5.70. The second-order valence-electron chi connectivity index (χ2n) is 5.25. The molecule has 1 aliphatic heterocycles. The Morgan fingerprint density at radius 2 is 2.00 bits per heavy atom. The molecule has 1 aliphatic rings. The first kappa shape index (κ1) is 14.0. The van der Waals surface area contributed by atoms with E-state index in [1.807, 2.05) is 24.3 Å². The summed E-state index contributed by atoms with van der Waals surface area (Å²) in [4.78, 5) is 13.7. The van der Waals surface area contributed by atoms with Crippen molar-refractivity contribution in [2.75, 3.05) is 12.4 Å². The second kappa shape index (κ2) is 5.78. The number of nitrogens with zero attached hydrogens (tertiary/aromatic N) is 1. The van der Waals surface area contributed by atoms with Crippen molar-refractivity contribution >= 4 is 17.5 Å². The van der Waals surface area contributed by atoms with Gasteiger partial charge in [-0.15, -0.1) is 11.6 Å². The number of rotatable bonds is 2. The Morgan fingerprint density at radius 3 is 2.71 bits per heavy atom. The van der Waals surface area contributed by atoms with Gasteiger partial charge in [-0.1, -0.05) is 36.4 Å². The van der Waals surface area contributed by atoms with Crippen LogP contribution in [0.25, 0.3) is 0 Å². The average molecular weight is 302 g/mol. The number of hydrogen-bond donors (Lipinski definition) is 1. The predicted octanol–water partition coefficient (Wildman–Crippen LogP) is 3.11. The molecule has 3 nitrogen and oxygen atoms in total. The maximum atomic E-state index is 12.0. The lowest BCUT2D eigenvalue weighted by molar-refractivity contribution is -0.129. The topological polar surface area (TPSA) is 40.5 Å². The van der Waals surface area contributed by atoms with Crippen LogP contribution < -0.4 is 0 Å². The highest BCUT2D eigenvalue weighted by Gasteiger charge is 2.28. The highest BCUT2D eigenvalue weighted by atomic mass is 35.5. The van der Waals surface area contributed by atoms with Gasteiger partial charge in [0.05, 0.1) is 0 Å². The zero-order valence-electron chi connectivity index (χ0n) is 11.5. The zero-order chi connectivity index (χ0) is 14.8. The summed E-state index contributed by atoms with van der Waals surface area (Å²) in [7, 11) is 0. The highest BCUT2D eigenvalue weighted by molar-refractivity contribution is 6.27. The Balaban J connectivity index is 2.05. The first-order valence-electron chi connectivity index (χ1n) is 6.89. The maximum Gasteiger partial charge on any atom is 0.237 e. The molecule has 0 fully saturated rings. The Hall–Kier alpha value is -2.00. The first-order chi connectivity index (χ1) is 10.2. The molecule has 1 amide bonds. The molecule has 2 aromatic rings. The van der Waals surface area contributed by atoms with E-state index in [4.69, 9.17) is 11.6 Å². The van der Waals surface area contributed by atoms with E-state index >= 15 is 0 Å². The number of halogens is 1. The summed E-state index contributed by atoms with van der Waals surface area (Å²) in [6, 6.07) is 15.5. The van der Waals surface area contributed by atoms with Gasteiger partial charge in [0.1, 0.15) is 11.6 Å². The normalized spacial score (nSPS) is 17.4. The minimum absolute atomic E-state index is 0.0182. The lowest BCUT2D eigenvalue weighted by Crippen LogP contribution is -2.39. The van der Waals surface area contributed by atoms with E-state index in [1.165, 1.54) is 0 Å². The van der Waals surface area contributed by atoms with Gasteiger partial charge in [-0.3, -0.25) is 4.79 Å². The Kier molecular flexibility index (Phi) is 3.84. The molecule has 0 bridgehead atoms. The van der Waals surface area contributed by atoms with Crippen molar-refractivity contribution in [3.63, 3.8) is 0 Å². The van der Waals surface area contributed by atoms with Gasteiger partial charge in [0.15, 0.2) is 0 Å². The molecule has 0 saturated heterocycles. The van der Waals surface area contributed by atoms with Crippen LogP contribution in [0, 0.1) is 0 Å². The highest BCUT2D eigenvalue weighted by Crippen LogP contribution is 2.35. The molecule has 1 atom stereocenters. The van der Waals surface area contributed by atoms with Gasteiger partial charge in [-0.25, -0.2) is 0 Å². The van der Waals surface area contributed by atoms with Gasteiger partial charge in [0.2, 0.25) is 5.91 Å². The quantitative estimate of drug-likeness (QED) is 0.866. The van der Waals surface area contributed by atoms with Gasteiger partial charge in [-0.05, 0) is 28.8 Å². The number of phenols is 1. The molecule has 1 unspecified atom stereocenters. The molecule has 0 radical (unpaired) electrons. The SMILES string of the molecule is O=C(CCl)N1Cc2cc(O)ccc2C(c2ccccc2)C1. The average Bonchev–Trinajstić information content (AvgIpc) is 2.53. The smallest absolute Gasteiger partial charge is 0.237 e. The van der Waals surface area contributed by atoms with Crippen LogP contribution in [0.4, 0.5) is 0 Å². The van der Waals surface area contributed by atoms with E-state index in [9.17, 15) is 9.90 Å². The molecule has 0 aromatic heterocycles. The molecule has 0 aliphatic carbocycles. The molecule has 4 heteroatoms. The summed E-state index contributed by atoms with van der Waals surface area (Å²) in [6.45, 7) is 1.12. The van der Waals surface area contributed by atoms with E-state index in [2.05, 4.69) is 12.1 Å². The molecule has 108 valence electrons. The Labute approximate surface area is 128 Å². The number of benzene rings is 2. The van der Waals surface area contributed by atoms with Crippen molar-refractivity contribution in [2.24, 2.45) is 0 Å². The minimum Gasteiger partial charge on any atom is -0.508 e. The van der Waals surface area contributed by atoms with Gasteiger partial charge in [-0.2, -0.15) is 0 Å². The number of fused-ring (bicyclic) bond motifs is 1. The molecule has 0 spiro atoms.